The molecule has 0 amide bonds. The Hall–Kier alpha value is -1.69. The maximum Gasteiger partial charge on any atom is 0.151 e. The highest BCUT2D eigenvalue weighted by Gasteiger charge is 2.47. The zero-order valence-electron chi connectivity index (χ0n) is 16.2. The van der Waals surface area contributed by atoms with Crippen molar-refractivity contribution in [2.45, 2.75) is 31.1 Å². The molecule has 3 heterocycles. The third kappa shape index (κ3) is 3.83. The summed E-state index contributed by atoms with van der Waals surface area (Å²) in [5.74, 6) is 0. The Morgan fingerprint density at radius 2 is 1.67 bits per heavy atom. The molecule has 0 bridgehead atoms. The Bertz CT molecular complexity index is 1050. The molecule has 1 saturated heterocycles. The first-order chi connectivity index (χ1) is 14.5. The second kappa shape index (κ2) is 8.10. The van der Waals surface area contributed by atoms with Crippen LogP contribution in [0.5, 0.6) is 0 Å². The third-order valence-electron chi connectivity index (χ3n) is 6.00. The number of halogens is 3. The molecular formula is C23H20Cl3N3O. The molecule has 2 aliphatic rings. The van der Waals surface area contributed by atoms with Gasteiger partial charge in [-0.25, -0.2) is 0 Å². The quantitative estimate of drug-likeness (QED) is 0.477. The van der Waals surface area contributed by atoms with Crippen molar-refractivity contribution in [3.05, 3.63) is 92.2 Å². The van der Waals surface area contributed by atoms with Gasteiger partial charge in [-0.05, 0) is 59.9 Å². The number of nitrogens with zero attached hydrogens (tertiary/aromatic N) is 3. The first kappa shape index (κ1) is 20.2. The molecule has 5 rings (SSSR count). The molecule has 1 spiro atoms. The number of aromatic nitrogens is 2. The first-order valence-electron chi connectivity index (χ1n) is 9.96. The lowest BCUT2D eigenvalue weighted by molar-refractivity contribution is -0.0979. The number of ether oxygens (including phenoxy) is 1. The van der Waals surface area contributed by atoms with Gasteiger partial charge in [0, 0.05) is 29.7 Å². The Labute approximate surface area is 190 Å². The van der Waals surface area contributed by atoms with Crippen LogP contribution in [0.4, 0.5) is 0 Å². The molecule has 1 atom stereocenters. The molecule has 1 fully saturated rings. The van der Waals surface area contributed by atoms with Crippen LogP contribution >= 0.6 is 34.8 Å². The summed E-state index contributed by atoms with van der Waals surface area (Å²) in [7, 11) is 0. The summed E-state index contributed by atoms with van der Waals surface area (Å²) in [5.41, 5.74) is 4.10. The topological polar surface area (TPSA) is 38.2 Å². The van der Waals surface area contributed by atoms with E-state index < -0.39 is 0 Å². The molecule has 2 aromatic carbocycles. The number of rotatable bonds is 3. The van der Waals surface area contributed by atoms with Crippen LogP contribution in [-0.2, 0) is 16.9 Å². The summed E-state index contributed by atoms with van der Waals surface area (Å²) in [6.07, 6.45) is 1.66. The maximum atomic E-state index is 6.78. The zero-order valence-corrected chi connectivity index (χ0v) is 18.5. The summed E-state index contributed by atoms with van der Waals surface area (Å²) in [6.45, 7) is 2.60. The molecule has 1 aromatic heterocycles. The van der Waals surface area contributed by atoms with Crippen molar-refractivity contribution in [2.24, 2.45) is 0 Å². The van der Waals surface area contributed by atoms with Crippen molar-refractivity contribution < 1.29 is 4.74 Å². The van der Waals surface area contributed by atoms with Gasteiger partial charge in [0.05, 0.1) is 11.3 Å². The molecule has 0 saturated carbocycles. The van der Waals surface area contributed by atoms with Gasteiger partial charge in [0.1, 0.15) is 6.10 Å². The number of hydrogen-bond acceptors (Lipinski definition) is 4. The largest absolute Gasteiger partial charge is 0.358 e. The van der Waals surface area contributed by atoms with E-state index in [4.69, 9.17) is 39.5 Å². The lowest BCUT2D eigenvalue weighted by Gasteiger charge is -2.39. The summed E-state index contributed by atoms with van der Waals surface area (Å²) in [4.78, 5) is 2.39. The highest BCUT2D eigenvalue weighted by atomic mass is 35.5. The summed E-state index contributed by atoms with van der Waals surface area (Å²) in [5, 5.41) is 9.79. The van der Waals surface area contributed by atoms with E-state index in [1.165, 1.54) is 11.1 Å². The minimum absolute atomic E-state index is 0.161. The summed E-state index contributed by atoms with van der Waals surface area (Å²) < 4.78 is 6.78. The fourth-order valence-electron chi connectivity index (χ4n) is 4.58. The molecule has 3 aromatic rings. The van der Waals surface area contributed by atoms with Gasteiger partial charge in [0.2, 0.25) is 0 Å². The number of piperidine rings is 1. The van der Waals surface area contributed by atoms with E-state index in [2.05, 4.69) is 39.4 Å². The van der Waals surface area contributed by atoms with Crippen molar-refractivity contribution in [3.63, 3.8) is 0 Å². The lowest BCUT2D eigenvalue weighted by atomic mass is 9.83. The average molecular weight is 461 g/mol. The van der Waals surface area contributed by atoms with Gasteiger partial charge >= 0.3 is 0 Å². The van der Waals surface area contributed by atoms with E-state index in [9.17, 15) is 0 Å². The molecule has 0 radical (unpaired) electrons. The van der Waals surface area contributed by atoms with Crippen molar-refractivity contribution in [1.82, 2.24) is 15.1 Å². The fourth-order valence-corrected chi connectivity index (χ4v) is 5.23. The Balaban J connectivity index is 1.38. The van der Waals surface area contributed by atoms with E-state index in [-0.39, 0.29) is 11.7 Å². The maximum absolute atomic E-state index is 6.78. The van der Waals surface area contributed by atoms with Crippen LogP contribution in [0.15, 0.2) is 54.6 Å². The third-order valence-corrected chi connectivity index (χ3v) is 6.64. The Morgan fingerprint density at radius 1 is 0.933 bits per heavy atom. The summed E-state index contributed by atoms with van der Waals surface area (Å²) in [6, 6.07) is 17.9. The van der Waals surface area contributed by atoms with Crippen LogP contribution in [0.3, 0.4) is 0 Å². The van der Waals surface area contributed by atoms with E-state index in [1.54, 1.807) is 12.1 Å². The van der Waals surface area contributed by atoms with Gasteiger partial charge in [-0.3, -0.25) is 4.90 Å². The molecule has 30 heavy (non-hydrogen) atoms. The molecule has 1 unspecified atom stereocenters. The Kier molecular flexibility index (Phi) is 5.46. The number of likely N-dealkylation sites (tertiary alicyclic amines) is 1. The number of hydrogen-bond donors (Lipinski definition) is 0. The monoisotopic (exact) mass is 459 g/mol. The van der Waals surface area contributed by atoms with Crippen LogP contribution in [0.25, 0.3) is 0 Å². The highest BCUT2D eigenvalue weighted by molar-refractivity contribution is 6.34. The molecule has 7 heteroatoms. The zero-order chi connectivity index (χ0) is 20.7. The minimum Gasteiger partial charge on any atom is -0.358 e. The predicted molar refractivity (Wildman–Crippen MR) is 119 cm³/mol. The molecular weight excluding hydrogens is 441 g/mol. The van der Waals surface area contributed by atoms with Crippen molar-refractivity contribution in [3.8, 4) is 0 Å². The molecule has 4 nitrogen and oxygen atoms in total. The van der Waals surface area contributed by atoms with Crippen LogP contribution in [0, 0.1) is 0 Å². The Morgan fingerprint density at radius 3 is 2.37 bits per heavy atom. The van der Waals surface area contributed by atoms with Crippen LogP contribution in [0.2, 0.25) is 15.2 Å². The van der Waals surface area contributed by atoms with E-state index >= 15 is 0 Å². The summed E-state index contributed by atoms with van der Waals surface area (Å²) >= 11 is 18.4. The highest BCUT2D eigenvalue weighted by Crippen LogP contribution is 2.51. The smallest absolute Gasteiger partial charge is 0.151 e. The number of fused-ring (bicyclic) bond motifs is 2. The van der Waals surface area contributed by atoms with E-state index in [1.807, 2.05) is 18.2 Å². The van der Waals surface area contributed by atoms with Crippen LogP contribution < -0.4 is 0 Å². The van der Waals surface area contributed by atoms with E-state index in [0.717, 1.165) is 43.7 Å². The second-order valence-corrected chi connectivity index (χ2v) is 9.17. The predicted octanol–water partition coefficient (Wildman–Crippen LogP) is 6.05. The first-order valence-corrected chi connectivity index (χ1v) is 11.1. The van der Waals surface area contributed by atoms with Gasteiger partial charge in [0.15, 0.2) is 5.15 Å². The van der Waals surface area contributed by atoms with Crippen molar-refractivity contribution in [2.75, 3.05) is 13.1 Å². The van der Waals surface area contributed by atoms with Crippen molar-refractivity contribution >= 4 is 34.8 Å². The van der Waals surface area contributed by atoms with Gasteiger partial charge in [-0.2, -0.15) is 5.10 Å². The van der Waals surface area contributed by atoms with Gasteiger partial charge in [0.25, 0.3) is 0 Å². The number of benzene rings is 2. The second-order valence-electron chi connectivity index (χ2n) is 7.91. The normalized spacial score (nSPS) is 20.4. The molecule has 0 aliphatic carbocycles. The van der Waals surface area contributed by atoms with E-state index in [0.29, 0.717) is 15.2 Å². The van der Waals surface area contributed by atoms with Crippen LogP contribution in [0.1, 0.15) is 41.3 Å². The lowest BCUT2D eigenvalue weighted by Crippen LogP contribution is -2.42. The standard InChI is InChI=1S/C23H20Cl3N3O/c24-16-11-15(12-17(25)13-16)22-19-3-1-2-4-20(19)23(30-22)7-9-29(10-8-23)14-18-5-6-21(26)28-27-18/h1-6,11-13,22H,7-10,14H2. The fraction of sp³-hybridized carbons (Fsp3) is 0.304. The molecule has 154 valence electrons. The molecule has 0 N–H and O–H groups in total. The minimum atomic E-state index is -0.293. The average Bonchev–Trinajstić information content (AvgIpc) is 3.05. The van der Waals surface area contributed by atoms with Crippen LogP contribution in [-0.4, -0.2) is 28.2 Å². The van der Waals surface area contributed by atoms with Gasteiger partial charge in [-0.1, -0.05) is 59.1 Å². The SMILES string of the molecule is Clc1cc(Cl)cc(C2OC3(CCN(Cc4ccc(Cl)nn4)CC3)c3ccccc32)c1. The van der Waals surface area contributed by atoms with Gasteiger partial charge in [-0.15, -0.1) is 5.10 Å². The van der Waals surface area contributed by atoms with Gasteiger partial charge < -0.3 is 4.74 Å². The van der Waals surface area contributed by atoms with Crippen molar-refractivity contribution in [1.29, 1.82) is 0 Å². The molecule has 2 aliphatic heterocycles.